The van der Waals surface area contributed by atoms with E-state index in [2.05, 4.69) is 41.3 Å². The fourth-order valence-electron chi connectivity index (χ4n) is 3.85. The van der Waals surface area contributed by atoms with Gasteiger partial charge in [-0.25, -0.2) is 24.4 Å². The third-order valence-corrected chi connectivity index (χ3v) is 5.95. The average molecular weight is 464 g/mol. The smallest absolute Gasteiger partial charge is 0.410 e. The highest BCUT2D eigenvalue weighted by atomic mass is 16.6. The summed E-state index contributed by atoms with van der Waals surface area (Å²) in [5.41, 5.74) is 2.20. The number of hydrogen-bond donors (Lipinski definition) is 1. The van der Waals surface area contributed by atoms with Gasteiger partial charge in [0.2, 0.25) is 12.2 Å². The maximum atomic E-state index is 12.1. The van der Waals surface area contributed by atoms with Crippen molar-refractivity contribution < 1.29 is 19.1 Å². The van der Waals surface area contributed by atoms with Crippen LogP contribution in [0.3, 0.4) is 0 Å². The second-order valence-corrected chi connectivity index (χ2v) is 8.74. The van der Waals surface area contributed by atoms with Crippen molar-refractivity contribution in [2.24, 2.45) is 15.9 Å². The summed E-state index contributed by atoms with van der Waals surface area (Å²) in [5, 5.41) is 2.77. The van der Waals surface area contributed by atoms with Gasteiger partial charge in [-0.05, 0) is 54.9 Å². The third kappa shape index (κ3) is 9.14. The molecule has 0 bridgehead atoms. The minimum atomic E-state index is -0.483. The zero-order valence-corrected chi connectivity index (χ0v) is 20.0. The van der Waals surface area contributed by atoms with Crippen molar-refractivity contribution in [3.63, 3.8) is 0 Å². The summed E-state index contributed by atoms with van der Waals surface area (Å²) < 4.78 is 5.39. The lowest BCUT2D eigenvalue weighted by atomic mass is 9.78. The van der Waals surface area contributed by atoms with Gasteiger partial charge in [-0.2, -0.15) is 0 Å². The molecule has 0 aliphatic carbocycles. The highest BCUT2D eigenvalue weighted by molar-refractivity contribution is 5.70. The summed E-state index contributed by atoms with van der Waals surface area (Å²) in [7, 11) is 0. The van der Waals surface area contributed by atoms with Gasteiger partial charge in [-0.15, -0.1) is 0 Å². The number of nitrogens with one attached hydrogen (secondary N) is 1. The van der Waals surface area contributed by atoms with Gasteiger partial charge in [-0.1, -0.05) is 62.7 Å². The second kappa shape index (κ2) is 14.6. The largest absolute Gasteiger partial charge is 0.412 e. The van der Waals surface area contributed by atoms with Crippen LogP contribution in [0.1, 0.15) is 57.1 Å². The highest BCUT2D eigenvalue weighted by Gasteiger charge is 2.22. The number of hydrogen-bond acceptors (Lipinski definition) is 6. The van der Waals surface area contributed by atoms with E-state index in [0.29, 0.717) is 25.4 Å². The Bertz CT molecular complexity index is 977. The molecular weight excluding hydrogens is 430 g/mol. The molecule has 0 heterocycles. The van der Waals surface area contributed by atoms with Crippen LogP contribution in [0.4, 0.5) is 4.79 Å². The zero-order chi connectivity index (χ0) is 24.7. The number of isocyanates is 2. The number of amides is 1. The van der Waals surface area contributed by atoms with Crippen molar-refractivity contribution in [2.75, 3.05) is 19.6 Å². The fourth-order valence-corrected chi connectivity index (χ4v) is 3.85. The minimum Gasteiger partial charge on any atom is -0.410 e. The number of aliphatic imine (C=N–C) groups is 2. The Morgan fingerprint density at radius 1 is 0.912 bits per heavy atom. The van der Waals surface area contributed by atoms with E-state index in [9.17, 15) is 14.4 Å². The maximum absolute atomic E-state index is 12.1. The molecule has 2 aromatic carbocycles. The Morgan fingerprint density at radius 2 is 1.56 bits per heavy atom. The van der Waals surface area contributed by atoms with Gasteiger partial charge in [0, 0.05) is 12.0 Å². The number of benzene rings is 2. The molecule has 0 saturated heterocycles. The molecule has 0 aliphatic rings. The van der Waals surface area contributed by atoms with E-state index < -0.39 is 6.09 Å². The second-order valence-electron chi connectivity index (χ2n) is 8.74. The number of carbonyl (C=O) groups is 1. The van der Waals surface area contributed by atoms with Crippen molar-refractivity contribution in [1.29, 1.82) is 0 Å². The summed E-state index contributed by atoms with van der Waals surface area (Å²) in [6.07, 6.45) is 6.72. The molecule has 0 aliphatic heterocycles. The molecule has 1 unspecified atom stereocenters. The van der Waals surface area contributed by atoms with E-state index in [1.54, 1.807) is 6.08 Å². The minimum absolute atomic E-state index is 0.154. The van der Waals surface area contributed by atoms with Crippen LogP contribution in [-0.2, 0) is 15.0 Å². The first-order valence-corrected chi connectivity index (χ1v) is 11.7. The van der Waals surface area contributed by atoms with Crippen LogP contribution in [0.25, 0.3) is 0 Å². The van der Waals surface area contributed by atoms with E-state index in [4.69, 9.17) is 4.74 Å². The Hall–Kier alpha value is -3.53. The van der Waals surface area contributed by atoms with E-state index in [1.807, 2.05) is 42.5 Å². The molecule has 0 saturated carbocycles. The lowest BCUT2D eigenvalue weighted by Crippen LogP contribution is -2.27. The fraction of sp³-hybridized carbons (Fsp3) is 0.444. The van der Waals surface area contributed by atoms with Gasteiger partial charge in [0.25, 0.3) is 0 Å². The summed E-state index contributed by atoms with van der Waals surface area (Å²) in [4.78, 5) is 39.9. The topological polar surface area (TPSA) is 97.2 Å². The molecular formula is C27H33N3O4. The van der Waals surface area contributed by atoms with Crippen molar-refractivity contribution in [1.82, 2.24) is 5.32 Å². The molecule has 1 atom stereocenters. The predicted octanol–water partition coefficient (Wildman–Crippen LogP) is 5.34. The van der Waals surface area contributed by atoms with Crippen molar-refractivity contribution in [3.05, 3.63) is 65.7 Å². The van der Waals surface area contributed by atoms with Crippen LogP contribution in [0, 0.1) is 5.92 Å². The van der Waals surface area contributed by atoms with Crippen LogP contribution in [0.15, 0.2) is 64.6 Å². The van der Waals surface area contributed by atoms with E-state index in [0.717, 1.165) is 37.7 Å². The quantitative estimate of drug-likeness (QED) is 0.232. The number of ether oxygens (including phenoxy) is 1. The van der Waals surface area contributed by atoms with Crippen LogP contribution in [-0.4, -0.2) is 37.9 Å². The van der Waals surface area contributed by atoms with Crippen molar-refractivity contribution >= 4 is 18.3 Å². The van der Waals surface area contributed by atoms with E-state index in [-0.39, 0.29) is 11.3 Å². The van der Waals surface area contributed by atoms with E-state index in [1.165, 1.54) is 11.6 Å². The number of rotatable bonds is 14. The van der Waals surface area contributed by atoms with Gasteiger partial charge in [0.15, 0.2) is 0 Å². The molecule has 7 nitrogen and oxygen atoms in total. The van der Waals surface area contributed by atoms with Gasteiger partial charge in [-0.3, -0.25) is 0 Å². The lowest BCUT2D eigenvalue weighted by molar-refractivity contribution is 0.200. The molecule has 0 fully saturated rings. The Labute approximate surface area is 201 Å². The lowest BCUT2D eigenvalue weighted by Gasteiger charge is -2.26. The maximum Gasteiger partial charge on any atom is 0.412 e. The van der Waals surface area contributed by atoms with Crippen LogP contribution in [0.2, 0.25) is 0 Å². The van der Waals surface area contributed by atoms with Gasteiger partial charge < -0.3 is 10.1 Å². The summed E-state index contributed by atoms with van der Waals surface area (Å²) in [5.74, 6) is 0.726. The summed E-state index contributed by atoms with van der Waals surface area (Å²) in [6, 6.07) is 17.9. The number of nitrogens with zero attached hydrogens (tertiary/aromatic N) is 2. The van der Waals surface area contributed by atoms with Crippen molar-refractivity contribution in [2.45, 2.75) is 51.4 Å². The van der Waals surface area contributed by atoms with Crippen LogP contribution >= 0.6 is 0 Å². The molecule has 0 spiro atoms. The molecule has 180 valence electrons. The predicted molar refractivity (Wildman–Crippen MR) is 132 cm³/mol. The van der Waals surface area contributed by atoms with Gasteiger partial charge in [0.1, 0.15) is 5.75 Å². The van der Waals surface area contributed by atoms with Gasteiger partial charge in [0.05, 0.1) is 13.1 Å². The molecule has 1 N–H and O–H groups in total. The molecule has 7 heteroatoms. The average Bonchev–Trinajstić information content (AvgIpc) is 2.85. The van der Waals surface area contributed by atoms with Gasteiger partial charge >= 0.3 is 6.09 Å². The zero-order valence-electron chi connectivity index (χ0n) is 20.0. The standard InChI is InChI=1S/C27H33N3O4/c1-27(2,23-11-4-3-5-12-23)24-13-15-25(16-14-24)34-26(33)30-18-7-6-9-22(19-29-21-32)10-8-17-28-20-31/h3-5,11-16,22H,6-10,17-19H2,1-2H3,(H,30,33). The molecule has 0 radical (unpaired) electrons. The van der Waals surface area contributed by atoms with Crippen molar-refractivity contribution in [3.8, 4) is 5.75 Å². The first-order chi connectivity index (χ1) is 16.5. The monoisotopic (exact) mass is 463 g/mol. The molecule has 2 rings (SSSR count). The summed E-state index contributed by atoms with van der Waals surface area (Å²) >= 11 is 0. The van der Waals surface area contributed by atoms with E-state index >= 15 is 0 Å². The summed E-state index contributed by atoms with van der Waals surface area (Å²) in [6.45, 7) is 5.68. The van der Waals surface area contributed by atoms with Crippen LogP contribution < -0.4 is 10.1 Å². The number of carbonyl (C=O) groups excluding carboxylic acids is 3. The highest BCUT2D eigenvalue weighted by Crippen LogP contribution is 2.32. The molecule has 2 aromatic rings. The Balaban J connectivity index is 1.73. The Kier molecular flexibility index (Phi) is 11.5. The Morgan fingerprint density at radius 3 is 2.24 bits per heavy atom. The molecule has 0 aromatic heterocycles. The first-order valence-electron chi connectivity index (χ1n) is 11.7. The number of unbranched alkanes of at least 4 members (excludes halogenated alkanes) is 1. The normalized spacial score (nSPS) is 11.6. The van der Waals surface area contributed by atoms with Crippen LogP contribution in [0.5, 0.6) is 5.75 Å². The molecule has 1 amide bonds. The first kappa shape index (κ1) is 26.7. The third-order valence-electron chi connectivity index (χ3n) is 5.95. The SMILES string of the molecule is CC(C)(c1ccccc1)c1ccc(OC(=O)NCCCCC(CCCN=C=O)CN=C=O)cc1. The molecule has 34 heavy (non-hydrogen) atoms.